The third kappa shape index (κ3) is 4.20. The summed E-state index contributed by atoms with van der Waals surface area (Å²) < 4.78 is 5.34. The zero-order valence-electron chi connectivity index (χ0n) is 13.5. The van der Waals surface area contributed by atoms with Crippen molar-refractivity contribution in [1.82, 2.24) is 15.2 Å². The molecule has 1 aliphatic rings. The van der Waals surface area contributed by atoms with Crippen LogP contribution in [-0.4, -0.2) is 42.0 Å². The minimum absolute atomic E-state index is 0.0878. The summed E-state index contributed by atoms with van der Waals surface area (Å²) in [6.07, 6.45) is 6.57. The van der Waals surface area contributed by atoms with Crippen LogP contribution in [0, 0.1) is 6.92 Å². The van der Waals surface area contributed by atoms with Gasteiger partial charge in [-0.15, -0.1) is 11.3 Å². The van der Waals surface area contributed by atoms with Gasteiger partial charge in [0, 0.05) is 11.4 Å². The summed E-state index contributed by atoms with van der Waals surface area (Å²) in [4.78, 5) is 20.1. The van der Waals surface area contributed by atoms with Crippen molar-refractivity contribution in [3.63, 3.8) is 0 Å². The van der Waals surface area contributed by atoms with E-state index in [0.717, 1.165) is 22.9 Å². The topological polar surface area (TPSA) is 58.4 Å². The number of thiazole rings is 1. The highest BCUT2D eigenvalue weighted by atomic mass is 32.1. The molecule has 0 spiro atoms. The predicted octanol–water partition coefficient (Wildman–Crippen LogP) is 3.32. The number of amides is 1. The molecule has 0 unspecified atom stereocenters. The van der Waals surface area contributed by atoms with E-state index in [0.29, 0.717) is 18.0 Å². The third-order valence-electron chi connectivity index (χ3n) is 4.13. The molecule has 124 valence electrons. The van der Waals surface area contributed by atoms with Crippen LogP contribution in [0.3, 0.4) is 0 Å². The Bertz CT molecular complexity index is 630. The Kier molecular flexibility index (Phi) is 5.46. The van der Waals surface area contributed by atoms with Gasteiger partial charge in [-0.3, -0.25) is 4.79 Å². The lowest BCUT2D eigenvalue weighted by Crippen LogP contribution is -2.33. The van der Waals surface area contributed by atoms with Gasteiger partial charge in [0.1, 0.15) is 5.69 Å². The second kappa shape index (κ2) is 7.75. The Labute approximate surface area is 140 Å². The zero-order chi connectivity index (χ0) is 16.1. The summed E-state index contributed by atoms with van der Waals surface area (Å²) in [5.74, 6) is 0.623. The van der Waals surface area contributed by atoms with Gasteiger partial charge in [0.25, 0.3) is 5.91 Å². The summed E-state index contributed by atoms with van der Waals surface area (Å²) in [5.41, 5.74) is 0.513. The SMILES string of the molecule is Cc1sc(-c2ccco2)nc1C(=O)NCCCN1CCCCC1. The van der Waals surface area contributed by atoms with Gasteiger partial charge < -0.3 is 14.6 Å². The molecule has 1 amide bonds. The fourth-order valence-corrected chi connectivity index (χ4v) is 3.76. The quantitative estimate of drug-likeness (QED) is 0.824. The predicted molar refractivity (Wildman–Crippen MR) is 91.8 cm³/mol. The molecule has 0 saturated carbocycles. The van der Waals surface area contributed by atoms with E-state index >= 15 is 0 Å². The smallest absolute Gasteiger partial charge is 0.271 e. The fraction of sp³-hybridized carbons (Fsp3) is 0.529. The monoisotopic (exact) mass is 333 g/mol. The molecule has 3 rings (SSSR count). The van der Waals surface area contributed by atoms with Crippen LogP contribution in [0.2, 0.25) is 0 Å². The molecule has 5 nitrogen and oxygen atoms in total. The molecule has 1 saturated heterocycles. The largest absolute Gasteiger partial charge is 0.462 e. The zero-order valence-corrected chi connectivity index (χ0v) is 14.3. The van der Waals surface area contributed by atoms with Gasteiger partial charge in [-0.1, -0.05) is 6.42 Å². The third-order valence-corrected chi connectivity index (χ3v) is 5.11. The molecule has 23 heavy (non-hydrogen) atoms. The van der Waals surface area contributed by atoms with Crippen LogP contribution in [0.5, 0.6) is 0 Å². The highest BCUT2D eigenvalue weighted by Crippen LogP contribution is 2.27. The van der Waals surface area contributed by atoms with Gasteiger partial charge >= 0.3 is 0 Å². The number of hydrogen-bond acceptors (Lipinski definition) is 5. The van der Waals surface area contributed by atoms with Gasteiger partial charge in [-0.2, -0.15) is 0 Å². The van der Waals surface area contributed by atoms with Crippen molar-refractivity contribution < 1.29 is 9.21 Å². The molecule has 0 aliphatic carbocycles. The van der Waals surface area contributed by atoms with Crippen LogP contribution >= 0.6 is 11.3 Å². The highest BCUT2D eigenvalue weighted by Gasteiger charge is 2.17. The van der Waals surface area contributed by atoms with Crippen LogP contribution in [0.25, 0.3) is 10.8 Å². The number of piperidine rings is 1. The van der Waals surface area contributed by atoms with Crippen LogP contribution in [-0.2, 0) is 0 Å². The lowest BCUT2D eigenvalue weighted by Gasteiger charge is -2.26. The Morgan fingerprint density at radius 2 is 2.22 bits per heavy atom. The first-order chi connectivity index (χ1) is 11.2. The molecule has 0 atom stereocenters. The minimum atomic E-state index is -0.0878. The van der Waals surface area contributed by atoms with Gasteiger partial charge in [-0.25, -0.2) is 4.98 Å². The Morgan fingerprint density at radius 3 is 2.96 bits per heavy atom. The molecule has 6 heteroatoms. The van der Waals surface area contributed by atoms with E-state index in [1.54, 1.807) is 6.26 Å². The summed E-state index contributed by atoms with van der Waals surface area (Å²) in [7, 11) is 0. The second-order valence-electron chi connectivity index (χ2n) is 5.91. The molecule has 2 aromatic rings. The van der Waals surface area contributed by atoms with E-state index in [9.17, 15) is 4.79 Å². The average molecular weight is 333 g/mol. The summed E-state index contributed by atoms with van der Waals surface area (Å²) in [6, 6.07) is 3.69. The maximum Gasteiger partial charge on any atom is 0.271 e. The number of carbonyl (C=O) groups excluding carboxylic acids is 1. The van der Waals surface area contributed by atoms with E-state index in [-0.39, 0.29) is 5.91 Å². The van der Waals surface area contributed by atoms with Crippen LogP contribution < -0.4 is 5.32 Å². The molecule has 3 heterocycles. The number of rotatable bonds is 6. The van der Waals surface area contributed by atoms with Gasteiger partial charge in [0.05, 0.1) is 6.26 Å². The fourth-order valence-electron chi connectivity index (χ4n) is 2.88. The lowest BCUT2D eigenvalue weighted by molar-refractivity contribution is 0.0946. The molecule has 0 radical (unpaired) electrons. The van der Waals surface area contributed by atoms with E-state index in [1.165, 1.54) is 43.7 Å². The summed E-state index contributed by atoms with van der Waals surface area (Å²) in [6.45, 7) is 6.08. The number of likely N-dealkylation sites (tertiary alicyclic amines) is 1. The molecule has 0 bridgehead atoms. The van der Waals surface area contributed by atoms with E-state index in [1.807, 2.05) is 19.1 Å². The first-order valence-corrected chi connectivity index (χ1v) is 9.07. The molecule has 2 aromatic heterocycles. The van der Waals surface area contributed by atoms with Crippen molar-refractivity contribution in [2.24, 2.45) is 0 Å². The van der Waals surface area contributed by atoms with Gasteiger partial charge in [0.2, 0.25) is 0 Å². The van der Waals surface area contributed by atoms with Crippen molar-refractivity contribution >= 4 is 17.2 Å². The van der Waals surface area contributed by atoms with Crippen molar-refractivity contribution in [3.05, 3.63) is 29.0 Å². The maximum absolute atomic E-state index is 12.3. The Hall–Kier alpha value is -1.66. The number of aromatic nitrogens is 1. The first kappa shape index (κ1) is 16.2. The van der Waals surface area contributed by atoms with E-state index < -0.39 is 0 Å². The molecule has 1 aliphatic heterocycles. The van der Waals surface area contributed by atoms with Crippen LogP contribution in [0.4, 0.5) is 0 Å². The average Bonchev–Trinajstić information content (AvgIpc) is 3.21. The van der Waals surface area contributed by atoms with Gasteiger partial charge in [0.15, 0.2) is 10.8 Å². The normalized spacial score (nSPS) is 15.7. The minimum Gasteiger partial charge on any atom is -0.462 e. The van der Waals surface area contributed by atoms with Crippen molar-refractivity contribution in [2.45, 2.75) is 32.6 Å². The Balaban J connectivity index is 1.48. The van der Waals surface area contributed by atoms with Crippen molar-refractivity contribution in [1.29, 1.82) is 0 Å². The number of furan rings is 1. The number of nitrogens with zero attached hydrogens (tertiary/aromatic N) is 2. The number of nitrogens with one attached hydrogen (secondary N) is 1. The Morgan fingerprint density at radius 1 is 1.39 bits per heavy atom. The standard InChI is InChI=1S/C17H23N3O2S/c1-13-15(19-17(23-13)14-7-5-12-22-14)16(21)18-8-6-11-20-9-3-2-4-10-20/h5,7,12H,2-4,6,8-11H2,1H3,(H,18,21). The van der Waals surface area contributed by atoms with Crippen molar-refractivity contribution in [3.8, 4) is 10.8 Å². The van der Waals surface area contributed by atoms with Gasteiger partial charge in [-0.05, 0) is 58.0 Å². The first-order valence-electron chi connectivity index (χ1n) is 8.26. The number of aryl methyl sites for hydroxylation is 1. The molecular formula is C17H23N3O2S. The highest BCUT2D eigenvalue weighted by molar-refractivity contribution is 7.15. The van der Waals surface area contributed by atoms with Crippen molar-refractivity contribution in [2.75, 3.05) is 26.2 Å². The van der Waals surface area contributed by atoms with Crippen LogP contribution in [0.1, 0.15) is 41.0 Å². The molecule has 1 fully saturated rings. The molecular weight excluding hydrogens is 310 g/mol. The summed E-state index contributed by atoms with van der Waals surface area (Å²) in [5, 5.41) is 3.74. The van der Waals surface area contributed by atoms with E-state index in [2.05, 4.69) is 15.2 Å². The lowest BCUT2D eigenvalue weighted by atomic mass is 10.1. The van der Waals surface area contributed by atoms with E-state index in [4.69, 9.17) is 4.42 Å². The number of carbonyl (C=O) groups is 1. The van der Waals surface area contributed by atoms with Crippen LogP contribution in [0.15, 0.2) is 22.8 Å². The maximum atomic E-state index is 12.3. The number of hydrogen-bond donors (Lipinski definition) is 1. The second-order valence-corrected chi connectivity index (χ2v) is 7.12. The molecule has 1 N–H and O–H groups in total. The molecule has 0 aromatic carbocycles. The summed E-state index contributed by atoms with van der Waals surface area (Å²) >= 11 is 1.49.